The van der Waals surface area contributed by atoms with Crippen LogP contribution in [-0.4, -0.2) is 67.7 Å². The molecule has 1 aliphatic rings. The number of rotatable bonds is 11. The summed E-state index contributed by atoms with van der Waals surface area (Å²) in [7, 11) is 1.81. The first-order valence-corrected chi connectivity index (χ1v) is 11.0. The lowest BCUT2D eigenvalue weighted by molar-refractivity contribution is -0.128. The monoisotopic (exact) mass is 403 g/mol. The molecule has 0 aromatic carbocycles. The number of likely N-dealkylation sites (N-methyl/N-ethyl adjacent to an activating group) is 1. The summed E-state index contributed by atoms with van der Waals surface area (Å²) in [5, 5.41) is 6.48. The van der Waals surface area contributed by atoms with E-state index < -0.39 is 0 Å². The molecule has 2 N–H and O–H groups in total. The Morgan fingerprint density at radius 2 is 2.10 bits per heavy atom. The Balaban J connectivity index is 1.64. The summed E-state index contributed by atoms with van der Waals surface area (Å²) in [5.74, 6) is 0.676. The number of amides is 1. The number of hydrogen-bond acceptors (Lipinski definition) is 4. The third-order valence-electron chi connectivity index (χ3n) is 5.09. The molecule has 0 aliphatic heterocycles. The van der Waals surface area contributed by atoms with E-state index in [9.17, 15) is 4.79 Å². The first-order chi connectivity index (χ1) is 14.2. The van der Waals surface area contributed by atoms with Crippen molar-refractivity contribution in [3.8, 4) is 0 Å². The number of hydrogen-bond donors (Lipinski definition) is 2. The summed E-state index contributed by atoms with van der Waals surface area (Å²) in [6.45, 7) is 5.09. The number of aliphatic imine (C=N–C) groups is 1. The molecule has 7 heteroatoms. The number of pyridine rings is 1. The number of nitrogens with one attached hydrogen (secondary N) is 2. The predicted molar refractivity (Wildman–Crippen MR) is 117 cm³/mol. The molecular formula is C22H37N5O2. The Morgan fingerprint density at radius 1 is 1.28 bits per heavy atom. The maximum atomic E-state index is 12.3. The van der Waals surface area contributed by atoms with Crippen molar-refractivity contribution in [3.05, 3.63) is 30.1 Å². The molecule has 2 rings (SSSR count). The fourth-order valence-corrected chi connectivity index (χ4v) is 3.32. The van der Waals surface area contributed by atoms with E-state index in [1.807, 2.05) is 32.2 Å². The van der Waals surface area contributed by atoms with Crippen molar-refractivity contribution in [2.24, 2.45) is 4.99 Å². The summed E-state index contributed by atoms with van der Waals surface area (Å²) in [6.07, 6.45) is 10.2. The van der Waals surface area contributed by atoms with Crippen LogP contribution in [0.1, 0.15) is 51.1 Å². The lowest BCUT2D eigenvalue weighted by Crippen LogP contribution is -2.39. The smallest absolute Gasteiger partial charge is 0.244 e. The van der Waals surface area contributed by atoms with Crippen LogP contribution in [0.5, 0.6) is 0 Å². The average molecular weight is 404 g/mol. The maximum Gasteiger partial charge on any atom is 0.244 e. The fraction of sp³-hybridized carbons (Fsp3) is 0.682. The SMILES string of the molecule is CCNC(=NCC(=O)N(C)CCc1ccccn1)NCCCOC1CCCCC1. The lowest BCUT2D eigenvalue weighted by atomic mass is 9.98. The van der Waals surface area contributed by atoms with Gasteiger partial charge in [0.25, 0.3) is 0 Å². The Labute approximate surface area is 175 Å². The Kier molecular flexibility index (Phi) is 11.1. The molecule has 162 valence electrons. The van der Waals surface area contributed by atoms with Crippen LogP contribution < -0.4 is 10.6 Å². The fourth-order valence-electron chi connectivity index (χ4n) is 3.32. The van der Waals surface area contributed by atoms with E-state index in [-0.39, 0.29) is 12.5 Å². The molecule has 0 atom stereocenters. The molecule has 0 saturated heterocycles. The van der Waals surface area contributed by atoms with Crippen LogP contribution in [0.25, 0.3) is 0 Å². The van der Waals surface area contributed by atoms with Gasteiger partial charge in [-0.1, -0.05) is 25.3 Å². The lowest BCUT2D eigenvalue weighted by Gasteiger charge is -2.22. The summed E-state index contributed by atoms with van der Waals surface area (Å²) < 4.78 is 5.95. The van der Waals surface area contributed by atoms with Crippen LogP contribution in [0.15, 0.2) is 29.4 Å². The highest BCUT2D eigenvalue weighted by Crippen LogP contribution is 2.20. The second kappa shape index (κ2) is 13.9. The highest BCUT2D eigenvalue weighted by atomic mass is 16.5. The van der Waals surface area contributed by atoms with Gasteiger partial charge in [0.2, 0.25) is 5.91 Å². The van der Waals surface area contributed by atoms with E-state index in [0.717, 1.165) is 38.2 Å². The number of guanidine groups is 1. The van der Waals surface area contributed by atoms with Crippen LogP contribution in [0.3, 0.4) is 0 Å². The molecule has 1 fully saturated rings. The minimum Gasteiger partial charge on any atom is -0.378 e. The van der Waals surface area contributed by atoms with Crippen molar-refractivity contribution in [1.29, 1.82) is 0 Å². The maximum absolute atomic E-state index is 12.3. The van der Waals surface area contributed by atoms with Gasteiger partial charge in [-0.25, -0.2) is 4.99 Å². The van der Waals surface area contributed by atoms with Crippen LogP contribution in [-0.2, 0) is 16.0 Å². The van der Waals surface area contributed by atoms with Gasteiger partial charge in [0, 0.05) is 51.6 Å². The summed E-state index contributed by atoms with van der Waals surface area (Å²) in [6, 6.07) is 5.83. The molecular weight excluding hydrogens is 366 g/mol. The van der Waals surface area contributed by atoms with Crippen LogP contribution >= 0.6 is 0 Å². The first-order valence-electron chi connectivity index (χ1n) is 11.0. The highest BCUT2D eigenvalue weighted by Gasteiger charge is 2.13. The van der Waals surface area contributed by atoms with Crippen LogP contribution in [0.2, 0.25) is 0 Å². The van der Waals surface area contributed by atoms with Crippen molar-refractivity contribution >= 4 is 11.9 Å². The van der Waals surface area contributed by atoms with Crippen molar-refractivity contribution in [2.45, 2.75) is 58.0 Å². The van der Waals surface area contributed by atoms with E-state index >= 15 is 0 Å². The topological polar surface area (TPSA) is 78.9 Å². The molecule has 1 aliphatic carbocycles. The molecule has 1 aromatic heterocycles. The molecule has 1 saturated carbocycles. The summed E-state index contributed by atoms with van der Waals surface area (Å²) in [5.41, 5.74) is 0.987. The quantitative estimate of drug-likeness (QED) is 0.337. The number of carbonyl (C=O) groups excluding carboxylic acids is 1. The minimum absolute atomic E-state index is 0.00114. The summed E-state index contributed by atoms with van der Waals surface area (Å²) in [4.78, 5) is 22.8. The zero-order valence-corrected chi connectivity index (χ0v) is 18.0. The van der Waals surface area contributed by atoms with Gasteiger partial charge in [-0.15, -0.1) is 0 Å². The predicted octanol–water partition coefficient (Wildman–Crippen LogP) is 2.38. The van der Waals surface area contributed by atoms with Gasteiger partial charge < -0.3 is 20.3 Å². The van der Waals surface area contributed by atoms with Crippen molar-refractivity contribution in [1.82, 2.24) is 20.5 Å². The zero-order valence-electron chi connectivity index (χ0n) is 18.0. The third-order valence-corrected chi connectivity index (χ3v) is 5.09. The Bertz CT molecular complexity index is 602. The second-order valence-corrected chi connectivity index (χ2v) is 7.49. The molecule has 1 amide bonds. The Hall–Kier alpha value is -2.15. The molecule has 1 heterocycles. The van der Waals surface area contributed by atoms with Gasteiger partial charge in [-0.2, -0.15) is 0 Å². The van der Waals surface area contributed by atoms with Gasteiger partial charge in [0.15, 0.2) is 5.96 Å². The molecule has 29 heavy (non-hydrogen) atoms. The molecule has 0 unspecified atom stereocenters. The van der Waals surface area contributed by atoms with Gasteiger partial charge in [0.05, 0.1) is 6.10 Å². The number of nitrogens with zero attached hydrogens (tertiary/aromatic N) is 3. The molecule has 7 nitrogen and oxygen atoms in total. The minimum atomic E-state index is -0.00114. The van der Waals surface area contributed by atoms with E-state index in [1.54, 1.807) is 11.1 Å². The third kappa shape index (κ3) is 9.74. The van der Waals surface area contributed by atoms with E-state index in [0.29, 0.717) is 18.6 Å². The zero-order chi connectivity index (χ0) is 20.7. The molecule has 1 aromatic rings. The highest BCUT2D eigenvalue weighted by molar-refractivity contribution is 5.84. The normalized spacial score (nSPS) is 15.2. The molecule has 0 bridgehead atoms. The second-order valence-electron chi connectivity index (χ2n) is 7.49. The van der Waals surface area contributed by atoms with Crippen molar-refractivity contribution < 1.29 is 9.53 Å². The average Bonchev–Trinajstić information content (AvgIpc) is 2.76. The van der Waals surface area contributed by atoms with Crippen LogP contribution in [0, 0.1) is 0 Å². The summed E-state index contributed by atoms with van der Waals surface area (Å²) >= 11 is 0. The van der Waals surface area contributed by atoms with Gasteiger partial charge in [-0.05, 0) is 38.3 Å². The molecule has 0 spiro atoms. The van der Waals surface area contributed by atoms with Gasteiger partial charge in [-0.3, -0.25) is 9.78 Å². The van der Waals surface area contributed by atoms with Crippen LogP contribution in [0.4, 0.5) is 0 Å². The van der Waals surface area contributed by atoms with E-state index in [1.165, 1.54) is 32.1 Å². The number of aromatic nitrogens is 1. The largest absolute Gasteiger partial charge is 0.378 e. The van der Waals surface area contributed by atoms with E-state index in [2.05, 4.69) is 20.6 Å². The van der Waals surface area contributed by atoms with E-state index in [4.69, 9.17) is 4.74 Å². The van der Waals surface area contributed by atoms with Gasteiger partial charge in [0.1, 0.15) is 6.54 Å². The first kappa shape index (κ1) is 23.1. The van der Waals surface area contributed by atoms with Gasteiger partial charge >= 0.3 is 0 Å². The number of carbonyl (C=O) groups is 1. The molecule has 0 radical (unpaired) electrons. The van der Waals surface area contributed by atoms with Crippen molar-refractivity contribution in [3.63, 3.8) is 0 Å². The standard InChI is InChI=1S/C22H37N5O2/c1-3-23-22(25-15-9-17-29-20-11-5-4-6-12-20)26-18-21(28)27(2)16-13-19-10-7-8-14-24-19/h7-8,10,14,20H,3-6,9,11-13,15-18H2,1-2H3,(H2,23,25,26). The Morgan fingerprint density at radius 3 is 2.83 bits per heavy atom. The number of ether oxygens (including phenoxy) is 1. The van der Waals surface area contributed by atoms with Crippen molar-refractivity contribution in [2.75, 3.05) is 39.8 Å².